The zero-order chi connectivity index (χ0) is 19.5. The highest BCUT2D eigenvalue weighted by Gasteiger charge is 2.20. The Morgan fingerprint density at radius 2 is 2.00 bits per heavy atom. The topological polar surface area (TPSA) is 76.9 Å². The summed E-state index contributed by atoms with van der Waals surface area (Å²) in [5.41, 5.74) is 2.46. The molecule has 3 aromatic rings. The third kappa shape index (κ3) is 3.81. The number of nitrogens with one attached hydrogen (secondary N) is 1. The maximum Gasteiger partial charge on any atom is 0.261 e. The summed E-state index contributed by atoms with van der Waals surface area (Å²) in [7, 11) is 0. The van der Waals surface area contributed by atoms with E-state index >= 15 is 0 Å². The molecule has 28 heavy (non-hydrogen) atoms. The Labute approximate surface area is 163 Å². The average molecular weight is 376 g/mol. The summed E-state index contributed by atoms with van der Waals surface area (Å²) in [5.74, 6) is 1.11. The van der Waals surface area contributed by atoms with Crippen LogP contribution in [0.25, 0.3) is 22.0 Å². The average Bonchev–Trinajstić information content (AvgIpc) is 2.68. The Balaban J connectivity index is 1.54. The monoisotopic (exact) mass is 376 g/mol. The number of hydrogen-bond acceptors (Lipinski definition) is 4. The number of pyridine rings is 1. The van der Waals surface area contributed by atoms with Crippen LogP contribution in [0.15, 0.2) is 47.7 Å². The van der Waals surface area contributed by atoms with Crippen molar-refractivity contribution in [1.82, 2.24) is 14.5 Å². The molecule has 6 nitrogen and oxygen atoms in total. The summed E-state index contributed by atoms with van der Waals surface area (Å²) in [6.45, 7) is 2.69. The number of fused-ring (bicyclic) bond motifs is 1. The van der Waals surface area contributed by atoms with Crippen molar-refractivity contribution < 1.29 is 4.79 Å². The molecule has 0 unspecified atom stereocenters. The largest absolute Gasteiger partial charge is 0.311 e. The van der Waals surface area contributed by atoms with Gasteiger partial charge in [-0.2, -0.15) is 0 Å². The molecule has 0 bridgehead atoms. The van der Waals surface area contributed by atoms with Crippen molar-refractivity contribution in [2.24, 2.45) is 5.92 Å². The number of carbonyl (C=O) groups excluding carboxylic acids is 1. The number of anilines is 1. The highest BCUT2D eigenvalue weighted by molar-refractivity contribution is 5.90. The van der Waals surface area contributed by atoms with Crippen LogP contribution in [0.4, 0.5) is 5.82 Å². The highest BCUT2D eigenvalue weighted by atomic mass is 16.1. The number of carbonyl (C=O) groups is 1. The van der Waals surface area contributed by atoms with E-state index in [4.69, 9.17) is 0 Å². The van der Waals surface area contributed by atoms with E-state index in [0.717, 1.165) is 30.4 Å². The van der Waals surface area contributed by atoms with Crippen LogP contribution in [0, 0.1) is 5.92 Å². The lowest BCUT2D eigenvalue weighted by Gasteiger charge is -2.24. The molecule has 1 saturated carbocycles. The van der Waals surface area contributed by atoms with E-state index in [9.17, 15) is 9.59 Å². The fourth-order valence-corrected chi connectivity index (χ4v) is 3.53. The molecule has 1 aromatic carbocycles. The SMILES string of the molecule is CCCn1cnc2ccc(-c3ccc(NC(=O)CC4CCC4)nc3)cc2c1=O. The second-order valence-corrected chi connectivity index (χ2v) is 7.46. The molecule has 1 fully saturated rings. The van der Waals surface area contributed by atoms with E-state index in [-0.39, 0.29) is 11.5 Å². The van der Waals surface area contributed by atoms with Crippen molar-refractivity contribution in [2.75, 3.05) is 5.32 Å². The first-order chi connectivity index (χ1) is 13.6. The summed E-state index contributed by atoms with van der Waals surface area (Å²) in [5, 5.41) is 3.47. The van der Waals surface area contributed by atoms with Crippen molar-refractivity contribution in [3.05, 3.63) is 53.2 Å². The summed E-state index contributed by atoms with van der Waals surface area (Å²) >= 11 is 0. The molecule has 1 N–H and O–H groups in total. The molecule has 4 rings (SSSR count). The van der Waals surface area contributed by atoms with Gasteiger partial charge in [0.15, 0.2) is 0 Å². The lowest BCUT2D eigenvalue weighted by molar-refractivity contribution is -0.117. The first-order valence-corrected chi connectivity index (χ1v) is 9.89. The smallest absolute Gasteiger partial charge is 0.261 e. The van der Waals surface area contributed by atoms with Gasteiger partial charge in [-0.1, -0.05) is 19.4 Å². The van der Waals surface area contributed by atoms with E-state index in [1.54, 1.807) is 23.2 Å². The number of rotatable bonds is 6. The molecular formula is C22H24N4O2. The minimum Gasteiger partial charge on any atom is -0.311 e. The predicted octanol–water partition coefficient (Wildman–Crippen LogP) is 4.00. The number of benzene rings is 1. The van der Waals surface area contributed by atoms with Gasteiger partial charge in [-0.05, 0) is 55.0 Å². The van der Waals surface area contributed by atoms with Crippen molar-refractivity contribution in [2.45, 2.75) is 45.6 Å². The van der Waals surface area contributed by atoms with Crippen LogP contribution < -0.4 is 10.9 Å². The van der Waals surface area contributed by atoms with Gasteiger partial charge in [0.2, 0.25) is 5.91 Å². The van der Waals surface area contributed by atoms with Gasteiger partial charge < -0.3 is 5.32 Å². The van der Waals surface area contributed by atoms with Crippen LogP contribution in [-0.4, -0.2) is 20.4 Å². The van der Waals surface area contributed by atoms with Gasteiger partial charge in [0.05, 0.1) is 17.2 Å². The normalized spacial score (nSPS) is 14.0. The van der Waals surface area contributed by atoms with Crippen LogP contribution in [0.3, 0.4) is 0 Å². The molecule has 1 aliphatic rings. The molecule has 0 atom stereocenters. The maximum atomic E-state index is 12.7. The van der Waals surface area contributed by atoms with Crippen molar-refractivity contribution in [3.8, 4) is 11.1 Å². The van der Waals surface area contributed by atoms with Crippen LogP contribution >= 0.6 is 0 Å². The second kappa shape index (κ2) is 7.92. The molecule has 2 aromatic heterocycles. The summed E-state index contributed by atoms with van der Waals surface area (Å²) in [6.07, 6.45) is 8.32. The molecule has 0 spiro atoms. The summed E-state index contributed by atoms with van der Waals surface area (Å²) < 4.78 is 1.64. The Bertz CT molecular complexity index is 1050. The number of aryl methyl sites for hydroxylation is 1. The van der Waals surface area contributed by atoms with E-state index in [1.165, 1.54) is 6.42 Å². The quantitative estimate of drug-likeness (QED) is 0.705. The van der Waals surface area contributed by atoms with Crippen LogP contribution in [0.1, 0.15) is 39.0 Å². The fraction of sp³-hybridized carbons (Fsp3) is 0.364. The Hall–Kier alpha value is -3.02. The first-order valence-electron chi connectivity index (χ1n) is 9.89. The molecule has 0 radical (unpaired) electrons. The summed E-state index contributed by atoms with van der Waals surface area (Å²) in [4.78, 5) is 33.4. The molecule has 1 amide bonds. The van der Waals surface area contributed by atoms with E-state index in [1.807, 2.05) is 31.2 Å². The zero-order valence-corrected chi connectivity index (χ0v) is 16.0. The number of aromatic nitrogens is 3. The molecule has 0 saturated heterocycles. The Morgan fingerprint density at radius 3 is 2.68 bits per heavy atom. The number of amides is 1. The predicted molar refractivity (Wildman–Crippen MR) is 110 cm³/mol. The molecule has 6 heteroatoms. The van der Waals surface area contributed by atoms with Crippen LogP contribution in [0.2, 0.25) is 0 Å². The van der Waals surface area contributed by atoms with E-state index in [0.29, 0.717) is 35.6 Å². The Morgan fingerprint density at radius 1 is 1.18 bits per heavy atom. The third-order valence-electron chi connectivity index (χ3n) is 5.35. The van der Waals surface area contributed by atoms with Crippen LogP contribution in [0.5, 0.6) is 0 Å². The molecule has 144 valence electrons. The zero-order valence-electron chi connectivity index (χ0n) is 16.0. The van der Waals surface area contributed by atoms with Crippen molar-refractivity contribution in [1.29, 1.82) is 0 Å². The Kier molecular flexibility index (Phi) is 5.19. The number of hydrogen-bond donors (Lipinski definition) is 1. The minimum absolute atomic E-state index is 0.0261. The lowest BCUT2D eigenvalue weighted by atomic mass is 9.83. The second-order valence-electron chi connectivity index (χ2n) is 7.46. The summed E-state index contributed by atoms with van der Waals surface area (Å²) in [6, 6.07) is 9.37. The molecule has 1 aliphatic carbocycles. The van der Waals surface area contributed by atoms with Crippen LogP contribution in [-0.2, 0) is 11.3 Å². The molecule has 0 aliphatic heterocycles. The van der Waals surface area contributed by atoms with Gasteiger partial charge >= 0.3 is 0 Å². The lowest BCUT2D eigenvalue weighted by Crippen LogP contribution is -2.21. The van der Waals surface area contributed by atoms with Gasteiger partial charge in [-0.3, -0.25) is 14.2 Å². The van der Waals surface area contributed by atoms with E-state index in [2.05, 4.69) is 15.3 Å². The molecule has 2 heterocycles. The van der Waals surface area contributed by atoms with Gasteiger partial charge in [0.25, 0.3) is 5.56 Å². The fourth-order valence-electron chi connectivity index (χ4n) is 3.53. The molecular weight excluding hydrogens is 352 g/mol. The standard InChI is InChI=1S/C22H24N4O2/c1-2-10-26-14-24-19-8-6-16(12-18(19)22(26)28)17-7-9-20(23-13-17)25-21(27)11-15-4-3-5-15/h6-9,12-15H,2-5,10-11H2,1H3,(H,23,25,27). The maximum absolute atomic E-state index is 12.7. The first kappa shape index (κ1) is 18.3. The van der Waals surface area contributed by atoms with Gasteiger partial charge in [0.1, 0.15) is 5.82 Å². The van der Waals surface area contributed by atoms with Gasteiger partial charge in [-0.25, -0.2) is 9.97 Å². The van der Waals surface area contributed by atoms with Crippen molar-refractivity contribution >= 4 is 22.6 Å². The van der Waals surface area contributed by atoms with E-state index < -0.39 is 0 Å². The third-order valence-corrected chi connectivity index (χ3v) is 5.35. The van der Waals surface area contributed by atoms with Gasteiger partial charge in [0, 0.05) is 24.7 Å². The minimum atomic E-state index is -0.0264. The van der Waals surface area contributed by atoms with Crippen molar-refractivity contribution in [3.63, 3.8) is 0 Å². The highest BCUT2D eigenvalue weighted by Crippen LogP contribution is 2.29. The van der Waals surface area contributed by atoms with Gasteiger partial charge in [-0.15, -0.1) is 0 Å². The number of nitrogens with zero attached hydrogens (tertiary/aromatic N) is 3.